The van der Waals surface area contributed by atoms with Crippen molar-refractivity contribution < 1.29 is 0 Å². The molecular formula is C11H15N3. The zero-order valence-corrected chi connectivity index (χ0v) is 8.13. The maximum absolute atomic E-state index is 5.73. The Bertz CT molecular complexity index is 313. The first-order valence-corrected chi connectivity index (χ1v) is 5.14. The lowest BCUT2D eigenvalue weighted by Gasteiger charge is -2.18. The van der Waals surface area contributed by atoms with E-state index in [1.54, 1.807) is 0 Å². The molecule has 2 heterocycles. The van der Waals surface area contributed by atoms with Gasteiger partial charge < -0.3 is 0 Å². The molecule has 14 heavy (non-hydrogen) atoms. The normalized spacial score (nSPS) is 35.6. The van der Waals surface area contributed by atoms with Crippen LogP contribution in [-0.2, 0) is 6.54 Å². The number of fused-ring (bicyclic) bond motifs is 1. The van der Waals surface area contributed by atoms with Crippen molar-refractivity contribution in [3.63, 3.8) is 0 Å². The van der Waals surface area contributed by atoms with Gasteiger partial charge in [0.2, 0.25) is 0 Å². The molecule has 0 amide bonds. The minimum atomic E-state index is 0.638. The molecule has 1 aromatic rings. The summed E-state index contributed by atoms with van der Waals surface area (Å²) < 4.78 is 0. The number of hydrogen-bond donors (Lipinski definition) is 1. The number of benzene rings is 1. The monoisotopic (exact) mass is 189 g/mol. The zero-order chi connectivity index (χ0) is 9.54. The van der Waals surface area contributed by atoms with Gasteiger partial charge in [0.1, 0.15) is 0 Å². The van der Waals surface area contributed by atoms with Crippen LogP contribution < -0.4 is 5.84 Å². The average Bonchev–Trinajstić information content (AvgIpc) is 2.65. The van der Waals surface area contributed by atoms with E-state index in [0.717, 1.165) is 19.6 Å². The molecule has 2 saturated heterocycles. The highest BCUT2D eigenvalue weighted by Gasteiger charge is 2.51. The van der Waals surface area contributed by atoms with E-state index in [2.05, 4.69) is 35.2 Å². The number of likely N-dealkylation sites (tertiary alicyclic amines) is 1. The predicted octanol–water partition coefficient (Wildman–Crippen LogP) is 0.429. The van der Waals surface area contributed by atoms with E-state index >= 15 is 0 Å². The molecule has 1 aromatic carbocycles. The smallest absolute Gasteiger partial charge is 0.0554 e. The van der Waals surface area contributed by atoms with Crippen LogP contribution in [0.5, 0.6) is 0 Å². The van der Waals surface area contributed by atoms with Crippen molar-refractivity contribution in [1.82, 2.24) is 9.91 Å². The van der Waals surface area contributed by atoms with Gasteiger partial charge in [0.05, 0.1) is 12.1 Å². The Balaban J connectivity index is 1.60. The molecule has 3 rings (SSSR count). The lowest BCUT2D eigenvalue weighted by Crippen LogP contribution is -2.31. The molecule has 2 unspecified atom stereocenters. The minimum absolute atomic E-state index is 0.638. The second-order valence-electron chi connectivity index (χ2n) is 4.26. The van der Waals surface area contributed by atoms with E-state index in [4.69, 9.17) is 5.84 Å². The highest BCUT2D eigenvalue weighted by atomic mass is 15.6. The third-order valence-electron chi connectivity index (χ3n) is 3.26. The molecule has 2 fully saturated rings. The van der Waals surface area contributed by atoms with Gasteiger partial charge >= 0.3 is 0 Å². The average molecular weight is 189 g/mol. The zero-order valence-electron chi connectivity index (χ0n) is 8.13. The molecule has 0 spiro atoms. The third-order valence-corrected chi connectivity index (χ3v) is 3.26. The van der Waals surface area contributed by atoms with Gasteiger partial charge in [-0.3, -0.25) is 10.7 Å². The van der Waals surface area contributed by atoms with E-state index in [1.165, 1.54) is 5.56 Å². The number of nitrogens with two attached hydrogens (primary N) is 1. The van der Waals surface area contributed by atoms with Crippen LogP contribution in [0.2, 0.25) is 0 Å². The standard InChI is InChI=1S/C11H15N3/c12-14-10-7-13(8-11(10)14)6-9-4-2-1-3-5-9/h1-5,10-11H,6-8,12H2. The summed E-state index contributed by atoms with van der Waals surface area (Å²) in [6.07, 6.45) is 0. The van der Waals surface area contributed by atoms with Crippen LogP contribution in [0.4, 0.5) is 0 Å². The Hall–Kier alpha value is -0.900. The molecule has 0 aromatic heterocycles. The second kappa shape index (κ2) is 3.05. The van der Waals surface area contributed by atoms with Crippen molar-refractivity contribution in [1.29, 1.82) is 0 Å². The molecule has 2 aliphatic rings. The Morgan fingerprint density at radius 3 is 2.43 bits per heavy atom. The van der Waals surface area contributed by atoms with Gasteiger partial charge in [-0.1, -0.05) is 30.3 Å². The summed E-state index contributed by atoms with van der Waals surface area (Å²) in [4.78, 5) is 2.48. The van der Waals surface area contributed by atoms with Gasteiger partial charge in [0, 0.05) is 19.6 Å². The molecular weight excluding hydrogens is 174 g/mol. The van der Waals surface area contributed by atoms with Crippen molar-refractivity contribution in [2.75, 3.05) is 13.1 Å². The van der Waals surface area contributed by atoms with Crippen LogP contribution in [0.25, 0.3) is 0 Å². The lowest BCUT2D eigenvalue weighted by atomic mass is 10.2. The number of hydrazine groups is 1. The van der Waals surface area contributed by atoms with Crippen LogP contribution in [0, 0.1) is 0 Å². The summed E-state index contributed by atoms with van der Waals surface area (Å²) in [5.41, 5.74) is 1.40. The van der Waals surface area contributed by atoms with Crippen molar-refractivity contribution >= 4 is 0 Å². The fraction of sp³-hybridized carbons (Fsp3) is 0.455. The minimum Gasteiger partial charge on any atom is -0.296 e. The Morgan fingerprint density at radius 2 is 1.79 bits per heavy atom. The molecule has 0 bridgehead atoms. The Kier molecular flexibility index (Phi) is 1.83. The SMILES string of the molecule is NN1C2CN(Cc3ccccc3)CC21. The van der Waals surface area contributed by atoms with Crippen molar-refractivity contribution in [2.45, 2.75) is 18.6 Å². The van der Waals surface area contributed by atoms with Crippen molar-refractivity contribution in [3.05, 3.63) is 35.9 Å². The highest BCUT2D eigenvalue weighted by molar-refractivity contribution is 5.16. The van der Waals surface area contributed by atoms with Gasteiger partial charge in [0.25, 0.3) is 0 Å². The molecule has 2 aliphatic heterocycles. The quantitative estimate of drug-likeness (QED) is 0.541. The maximum Gasteiger partial charge on any atom is 0.0554 e. The van der Waals surface area contributed by atoms with E-state index in [-0.39, 0.29) is 0 Å². The topological polar surface area (TPSA) is 32.3 Å². The Morgan fingerprint density at radius 1 is 1.14 bits per heavy atom. The molecule has 2 atom stereocenters. The van der Waals surface area contributed by atoms with Crippen LogP contribution in [-0.4, -0.2) is 35.1 Å². The van der Waals surface area contributed by atoms with Crippen LogP contribution >= 0.6 is 0 Å². The molecule has 74 valence electrons. The van der Waals surface area contributed by atoms with E-state index < -0.39 is 0 Å². The maximum atomic E-state index is 5.73. The number of hydrogen-bond acceptors (Lipinski definition) is 3. The molecule has 3 nitrogen and oxygen atoms in total. The summed E-state index contributed by atoms with van der Waals surface area (Å²) in [6.45, 7) is 3.34. The first-order valence-electron chi connectivity index (χ1n) is 5.14. The fourth-order valence-electron chi connectivity index (χ4n) is 2.36. The lowest BCUT2D eigenvalue weighted by molar-refractivity contribution is 0.252. The van der Waals surface area contributed by atoms with E-state index in [9.17, 15) is 0 Å². The largest absolute Gasteiger partial charge is 0.296 e. The van der Waals surface area contributed by atoms with Crippen LogP contribution in [0.3, 0.4) is 0 Å². The summed E-state index contributed by atoms with van der Waals surface area (Å²) >= 11 is 0. The summed E-state index contributed by atoms with van der Waals surface area (Å²) in [6, 6.07) is 11.9. The van der Waals surface area contributed by atoms with Crippen molar-refractivity contribution in [3.8, 4) is 0 Å². The number of piperazine rings is 1. The first-order chi connectivity index (χ1) is 6.84. The number of rotatable bonds is 2. The fourth-order valence-corrected chi connectivity index (χ4v) is 2.36. The van der Waals surface area contributed by atoms with Crippen molar-refractivity contribution in [2.24, 2.45) is 5.84 Å². The van der Waals surface area contributed by atoms with Gasteiger partial charge in [-0.2, -0.15) is 0 Å². The van der Waals surface area contributed by atoms with E-state index in [1.807, 2.05) is 5.01 Å². The molecule has 3 heteroatoms. The Labute approximate surface area is 84.1 Å². The summed E-state index contributed by atoms with van der Waals surface area (Å²) in [7, 11) is 0. The molecule has 0 aliphatic carbocycles. The molecule has 0 saturated carbocycles. The van der Waals surface area contributed by atoms with E-state index in [0.29, 0.717) is 12.1 Å². The van der Waals surface area contributed by atoms with Gasteiger partial charge in [-0.15, -0.1) is 0 Å². The predicted molar refractivity (Wildman–Crippen MR) is 55.3 cm³/mol. The summed E-state index contributed by atoms with van der Waals surface area (Å²) in [5, 5.41) is 1.97. The van der Waals surface area contributed by atoms with Crippen LogP contribution in [0.15, 0.2) is 30.3 Å². The number of nitrogens with zero attached hydrogens (tertiary/aromatic N) is 2. The van der Waals surface area contributed by atoms with Gasteiger partial charge in [0.15, 0.2) is 0 Å². The molecule has 2 N–H and O–H groups in total. The second-order valence-corrected chi connectivity index (χ2v) is 4.26. The van der Waals surface area contributed by atoms with Gasteiger partial charge in [-0.25, -0.2) is 5.01 Å². The van der Waals surface area contributed by atoms with Crippen LogP contribution in [0.1, 0.15) is 5.56 Å². The third kappa shape index (κ3) is 1.34. The highest BCUT2D eigenvalue weighted by Crippen LogP contribution is 2.32. The van der Waals surface area contributed by atoms with Gasteiger partial charge in [-0.05, 0) is 5.56 Å². The molecule has 0 radical (unpaired) electrons. The first kappa shape index (κ1) is 8.41. The summed E-state index contributed by atoms with van der Waals surface area (Å²) in [5.74, 6) is 5.73.